The Morgan fingerprint density at radius 1 is 1.23 bits per heavy atom. The second-order valence-corrected chi connectivity index (χ2v) is 8.93. The van der Waals surface area contributed by atoms with Crippen LogP contribution in [0.15, 0.2) is 57.9 Å². The van der Waals surface area contributed by atoms with Crippen molar-refractivity contribution in [2.75, 3.05) is 30.8 Å². The number of sulfone groups is 1. The van der Waals surface area contributed by atoms with E-state index in [1.54, 1.807) is 37.4 Å². The third kappa shape index (κ3) is 4.02. The number of hydrogen-bond donors (Lipinski definition) is 1. The number of nitrogens with zero attached hydrogens (tertiary/aromatic N) is 1. The monoisotopic (exact) mass is 438 g/mol. The average molecular weight is 439 g/mol. The van der Waals surface area contributed by atoms with Crippen molar-refractivity contribution < 1.29 is 17.9 Å². The van der Waals surface area contributed by atoms with Crippen molar-refractivity contribution in [1.29, 1.82) is 0 Å². The maximum Gasteiger partial charge on any atom is 0.262 e. The maximum atomic E-state index is 12.6. The van der Waals surface area contributed by atoms with Crippen molar-refractivity contribution in [2.45, 2.75) is 11.0 Å². The van der Waals surface area contributed by atoms with Gasteiger partial charge in [0.1, 0.15) is 5.75 Å². The van der Waals surface area contributed by atoms with Crippen LogP contribution in [0.25, 0.3) is 0 Å². The summed E-state index contributed by atoms with van der Waals surface area (Å²) in [5, 5.41) is 2.58. The molecule has 0 fully saturated rings. The number of carbonyl (C=O) groups excluding carboxylic acids is 1. The van der Waals surface area contributed by atoms with Crippen LogP contribution < -0.4 is 15.0 Å². The number of carbonyl (C=O) groups is 1. The van der Waals surface area contributed by atoms with Gasteiger partial charge in [-0.2, -0.15) is 0 Å². The Kier molecular flexibility index (Phi) is 5.52. The lowest BCUT2D eigenvalue weighted by molar-refractivity contribution is -0.127. The van der Waals surface area contributed by atoms with Gasteiger partial charge in [-0.15, -0.1) is 0 Å². The fourth-order valence-corrected chi connectivity index (χ4v) is 4.32. The number of amides is 1. The van der Waals surface area contributed by atoms with Gasteiger partial charge >= 0.3 is 0 Å². The Morgan fingerprint density at radius 2 is 1.92 bits per heavy atom. The van der Waals surface area contributed by atoms with Crippen LogP contribution in [-0.2, 0) is 14.6 Å². The minimum Gasteiger partial charge on any atom is -0.477 e. The molecule has 0 saturated heterocycles. The molecule has 0 radical (unpaired) electrons. The van der Waals surface area contributed by atoms with E-state index in [-0.39, 0.29) is 23.1 Å². The smallest absolute Gasteiger partial charge is 0.262 e. The fraction of sp³-hybridized carbons (Fsp3) is 0.278. The number of benzene rings is 2. The highest BCUT2D eigenvalue weighted by atomic mass is 79.9. The summed E-state index contributed by atoms with van der Waals surface area (Å²) in [6.45, 7) is 0.568. The molecule has 26 heavy (non-hydrogen) atoms. The Bertz CT molecular complexity index is 900. The molecule has 1 N–H and O–H groups in total. The number of rotatable bonds is 5. The number of nitrogens with one attached hydrogen (secondary N) is 1. The van der Waals surface area contributed by atoms with Gasteiger partial charge < -0.3 is 15.0 Å². The van der Waals surface area contributed by atoms with Crippen LogP contribution in [0.5, 0.6) is 5.75 Å². The molecule has 1 amide bonds. The molecule has 0 spiro atoms. The summed E-state index contributed by atoms with van der Waals surface area (Å²) in [6.07, 6.45) is -0.676. The summed E-state index contributed by atoms with van der Waals surface area (Å²) in [4.78, 5) is 14.2. The number of fused-ring (bicyclic) bond motifs is 1. The molecule has 1 atom stereocenters. The average Bonchev–Trinajstić information content (AvgIpc) is 2.65. The third-order valence-electron chi connectivity index (χ3n) is 4.20. The predicted molar refractivity (Wildman–Crippen MR) is 103 cm³/mol. The lowest BCUT2D eigenvalue weighted by Crippen LogP contribution is -2.49. The molecule has 2 aromatic rings. The Morgan fingerprint density at radius 3 is 2.62 bits per heavy atom. The Hall–Kier alpha value is -2.06. The van der Waals surface area contributed by atoms with Gasteiger partial charge in [0.25, 0.3) is 5.91 Å². The number of likely N-dealkylation sites (N-methyl/N-ethyl adjacent to an activating group) is 1. The van der Waals surface area contributed by atoms with Crippen molar-refractivity contribution in [3.8, 4) is 5.75 Å². The molecule has 8 heteroatoms. The van der Waals surface area contributed by atoms with Crippen molar-refractivity contribution >= 4 is 37.4 Å². The number of ether oxygens (including phenoxy) is 1. The molecule has 138 valence electrons. The normalized spacial score (nSPS) is 16.5. The minimum absolute atomic E-state index is 0.0522. The topological polar surface area (TPSA) is 75.7 Å². The lowest BCUT2D eigenvalue weighted by atomic mass is 10.2. The third-order valence-corrected chi connectivity index (χ3v) is 6.44. The summed E-state index contributed by atoms with van der Waals surface area (Å²) in [5.74, 6) is 0.289. The van der Waals surface area contributed by atoms with E-state index in [0.29, 0.717) is 12.3 Å². The summed E-state index contributed by atoms with van der Waals surface area (Å²) in [7, 11) is -1.88. The van der Waals surface area contributed by atoms with Gasteiger partial charge in [-0.1, -0.05) is 28.1 Å². The van der Waals surface area contributed by atoms with E-state index < -0.39 is 15.9 Å². The Labute approximate surface area is 161 Å². The highest BCUT2D eigenvalue weighted by Gasteiger charge is 2.30. The van der Waals surface area contributed by atoms with Crippen LogP contribution >= 0.6 is 15.9 Å². The van der Waals surface area contributed by atoms with E-state index in [2.05, 4.69) is 21.2 Å². The first-order chi connectivity index (χ1) is 12.4. The molecule has 0 aromatic heterocycles. The summed E-state index contributed by atoms with van der Waals surface area (Å²) in [5.41, 5.74) is 0.790. The van der Waals surface area contributed by atoms with Gasteiger partial charge in [-0.05, 0) is 36.4 Å². The number of hydrogen-bond acceptors (Lipinski definition) is 5. The quantitative estimate of drug-likeness (QED) is 0.774. The molecule has 1 aliphatic heterocycles. The van der Waals surface area contributed by atoms with E-state index in [1.807, 2.05) is 23.1 Å². The second kappa shape index (κ2) is 7.67. The molecule has 1 aliphatic rings. The van der Waals surface area contributed by atoms with Gasteiger partial charge in [0.05, 0.1) is 22.9 Å². The van der Waals surface area contributed by atoms with Crippen LogP contribution in [0.2, 0.25) is 0 Å². The highest BCUT2D eigenvalue weighted by Crippen LogP contribution is 2.33. The lowest BCUT2D eigenvalue weighted by Gasteiger charge is -2.35. The second-order valence-electron chi connectivity index (χ2n) is 5.91. The number of halogens is 1. The highest BCUT2D eigenvalue weighted by molar-refractivity contribution is 9.10. The van der Waals surface area contributed by atoms with Crippen LogP contribution in [-0.4, -0.2) is 46.3 Å². The van der Waals surface area contributed by atoms with Crippen molar-refractivity contribution in [3.63, 3.8) is 0 Å². The van der Waals surface area contributed by atoms with Crippen LogP contribution in [0, 0.1) is 0 Å². The zero-order valence-electron chi connectivity index (χ0n) is 14.2. The van der Waals surface area contributed by atoms with Crippen LogP contribution in [0.1, 0.15) is 0 Å². The summed E-state index contributed by atoms with van der Waals surface area (Å²) in [6, 6.07) is 13.9. The maximum absolute atomic E-state index is 12.6. The fourth-order valence-electron chi connectivity index (χ4n) is 2.81. The number of para-hydroxylation sites is 2. The Balaban J connectivity index is 1.79. The molecule has 1 unspecified atom stereocenters. The van der Waals surface area contributed by atoms with E-state index >= 15 is 0 Å². The predicted octanol–water partition coefficient (Wildman–Crippen LogP) is 2.24. The van der Waals surface area contributed by atoms with E-state index in [0.717, 1.165) is 10.2 Å². The molecule has 2 aromatic carbocycles. The van der Waals surface area contributed by atoms with Gasteiger partial charge in [0.15, 0.2) is 15.9 Å². The first-order valence-electron chi connectivity index (χ1n) is 8.11. The van der Waals surface area contributed by atoms with Gasteiger partial charge in [-0.25, -0.2) is 8.42 Å². The molecule has 1 heterocycles. The van der Waals surface area contributed by atoms with E-state index in [1.165, 1.54) is 0 Å². The van der Waals surface area contributed by atoms with E-state index in [4.69, 9.17) is 4.74 Å². The molecule has 3 rings (SSSR count). The molecular weight excluding hydrogens is 420 g/mol. The zero-order chi connectivity index (χ0) is 18.7. The molecule has 6 nitrogen and oxygen atoms in total. The standard InChI is InChI=1S/C18H19BrN2O4S/c1-20-18(22)17-12-21(15-4-2-3-5-16(15)25-17)10-11-26(23,24)14-8-6-13(19)7-9-14/h2-9,17H,10-12H2,1H3,(H,20,22). The van der Waals surface area contributed by atoms with Gasteiger partial charge in [0, 0.05) is 18.1 Å². The first kappa shape index (κ1) is 18.7. The van der Waals surface area contributed by atoms with E-state index in [9.17, 15) is 13.2 Å². The summed E-state index contributed by atoms with van der Waals surface area (Å²) >= 11 is 3.30. The van der Waals surface area contributed by atoms with Gasteiger partial charge in [0.2, 0.25) is 0 Å². The number of anilines is 1. The molecule has 0 bridgehead atoms. The zero-order valence-corrected chi connectivity index (χ0v) is 16.6. The van der Waals surface area contributed by atoms with Crippen molar-refractivity contribution in [2.24, 2.45) is 0 Å². The van der Waals surface area contributed by atoms with Crippen LogP contribution in [0.3, 0.4) is 0 Å². The van der Waals surface area contributed by atoms with Gasteiger partial charge in [-0.3, -0.25) is 4.79 Å². The molecular formula is C18H19BrN2O4S. The molecule has 0 aliphatic carbocycles. The SMILES string of the molecule is CNC(=O)C1CN(CCS(=O)(=O)c2ccc(Br)cc2)c2ccccc2O1. The molecule has 0 saturated carbocycles. The summed E-state index contributed by atoms with van der Waals surface area (Å²) < 4.78 is 31.8. The van der Waals surface area contributed by atoms with Crippen molar-refractivity contribution in [3.05, 3.63) is 53.0 Å². The first-order valence-corrected chi connectivity index (χ1v) is 10.6. The van der Waals surface area contributed by atoms with Crippen molar-refractivity contribution in [1.82, 2.24) is 5.32 Å². The largest absolute Gasteiger partial charge is 0.477 e. The van der Waals surface area contributed by atoms with Crippen LogP contribution in [0.4, 0.5) is 5.69 Å². The minimum atomic E-state index is -3.43.